The number of aromatic nitrogens is 1. The van der Waals surface area contributed by atoms with Gasteiger partial charge in [0.1, 0.15) is 11.3 Å². The highest BCUT2D eigenvalue weighted by atomic mass is 16.3. The number of fused-ring (bicyclic) bond motifs is 5. The molecule has 3 heterocycles. The second-order valence-corrected chi connectivity index (χ2v) is 4.77. The van der Waals surface area contributed by atoms with E-state index in [1.807, 2.05) is 6.92 Å². The van der Waals surface area contributed by atoms with Crippen LogP contribution in [0.2, 0.25) is 0 Å². The van der Waals surface area contributed by atoms with Crippen LogP contribution in [0, 0.1) is 6.92 Å². The zero-order chi connectivity index (χ0) is 11.4. The molecule has 3 nitrogen and oxygen atoms in total. The lowest BCUT2D eigenvalue weighted by atomic mass is 10.0. The van der Waals surface area contributed by atoms with Crippen molar-refractivity contribution in [1.82, 2.24) is 10.3 Å². The van der Waals surface area contributed by atoms with Crippen LogP contribution in [0.25, 0.3) is 21.9 Å². The van der Waals surface area contributed by atoms with Gasteiger partial charge >= 0.3 is 0 Å². The molecule has 4 rings (SSSR count). The molecule has 0 aliphatic carbocycles. The number of aryl methyl sites for hydroxylation is 1. The summed E-state index contributed by atoms with van der Waals surface area (Å²) >= 11 is 0. The van der Waals surface area contributed by atoms with E-state index in [4.69, 9.17) is 4.42 Å². The summed E-state index contributed by atoms with van der Waals surface area (Å²) in [5.41, 5.74) is 5.01. The minimum atomic E-state index is 0.957. The molecular weight excluding hydrogens is 212 g/mol. The molecule has 86 valence electrons. The summed E-state index contributed by atoms with van der Waals surface area (Å²) in [4.78, 5) is 3.54. The summed E-state index contributed by atoms with van der Waals surface area (Å²) in [6, 6.07) is 6.32. The average Bonchev–Trinajstić information content (AvgIpc) is 2.87. The Morgan fingerprint density at radius 2 is 2.24 bits per heavy atom. The predicted molar refractivity (Wildman–Crippen MR) is 68.2 cm³/mol. The van der Waals surface area contributed by atoms with Crippen LogP contribution in [0.5, 0.6) is 0 Å². The summed E-state index contributed by atoms with van der Waals surface area (Å²) in [5, 5.41) is 6.01. The maximum atomic E-state index is 5.70. The molecule has 0 saturated carbocycles. The first-order valence-corrected chi connectivity index (χ1v) is 6.06. The minimum Gasteiger partial charge on any atom is -0.461 e. The van der Waals surface area contributed by atoms with Crippen LogP contribution < -0.4 is 5.32 Å². The maximum Gasteiger partial charge on any atom is 0.135 e. The summed E-state index contributed by atoms with van der Waals surface area (Å²) in [5.74, 6) is 0.978. The fraction of sp³-hybridized carbons (Fsp3) is 0.286. The van der Waals surface area contributed by atoms with E-state index in [-0.39, 0.29) is 0 Å². The van der Waals surface area contributed by atoms with Crippen molar-refractivity contribution in [2.75, 3.05) is 6.54 Å². The molecular formula is C14H14N2O. The molecule has 1 aliphatic rings. The Hall–Kier alpha value is -1.74. The van der Waals surface area contributed by atoms with Crippen LogP contribution in [0.4, 0.5) is 0 Å². The van der Waals surface area contributed by atoms with Crippen LogP contribution in [0.3, 0.4) is 0 Å². The highest BCUT2D eigenvalue weighted by Crippen LogP contribution is 2.33. The summed E-state index contributed by atoms with van der Waals surface area (Å²) in [6.07, 6.45) is 1.09. The van der Waals surface area contributed by atoms with Gasteiger partial charge in [-0.3, -0.25) is 0 Å². The number of benzene rings is 1. The first-order valence-electron chi connectivity index (χ1n) is 6.06. The molecule has 17 heavy (non-hydrogen) atoms. The number of H-pyrrole nitrogens is 1. The van der Waals surface area contributed by atoms with E-state index in [2.05, 4.69) is 28.5 Å². The Morgan fingerprint density at radius 3 is 3.18 bits per heavy atom. The van der Waals surface area contributed by atoms with E-state index in [0.29, 0.717) is 0 Å². The van der Waals surface area contributed by atoms with E-state index >= 15 is 0 Å². The minimum absolute atomic E-state index is 0.957. The van der Waals surface area contributed by atoms with Crippen molar-refractivity contribution in [3.05, 3.63) is 35.2 Å². The van der Waals surface area contributed by atoms with Crippen molar-refractivity contribution in [2.45, 2.75) is 19.9 Å². The van der Waals surface area contributed by atoms with Gasteiger partial charge in [-0.05, 0) is 30.7 Å². The van der Waals surface area contributed by atoms with Gasteiger partial charge in [0.05, 0.1) is 0 Å². The number of hydrogen-bond acceptors (Lipinski definition) is 2. The lowest BCUT2D eigenvalue weighted by Gasteiger charge is -2.12. The molecule has 1 aromatic carbocycles. The fourth-order valence-electron chi connectivity index (χ4n) is 2.89. The molecule has 2 aromatic heterocycles. The topological polar surface area (TPSA) is 41.0 Å². The number of furan rings is 1. The Kier molecular flexibility index (Phi) is 1.72. The summed E-state index contributed by atoms with van der Waals surface area (Å²) in [7, 11) is 0. The Labute approximate surface area is 98.8 Å². The molecule has 3 aromatic rings. The SMILES string of the molecule is Cc1cc2c(ccc3[nH]c4c(c32)CNCC4)o1. The van der Waals surface area contributed by atoms with Gasteiger partial charge in [-0.1, -0.05) is 0 Å². The third kappa shape index (κ3) is 1.20. The van der Waals surface area contributed by atoms with Gasteiger partial charge in [0, 0.05) is 41.5 Å². The monoisotopic (exact) mass is 226 g/mol. The number of rotatable bonds is 0. The lowest BCUT2D eigenvalue weighted by Crippen LogP contribution is -2.22. The molecule has 3 heteroatoms. The molecule has 0 fully saturated rings. The lowest BCUT2D eigenvalue weighted by molar-refractivity contribution is 0.578. The standard InChI is InChI=1S/C14H14N2O/c1-8-6-9-13(17-8)3-2-12-14(9)10-7-15-5-4-11(10)16-12/h2-3,6,15-16H,4-5,7H2,1H3. The first-order chi connectivity index (χ1) is 8.33. The maximum absolute atomic E-state index is 5.70. The van der Waals surface area contributed by atoms with Gasteiger partial charge in [0.15, 0.2) is 0 Å². The zero-order valence-electron chi connectivity index (χ0n) is 9.76. The van der Waals surface area contributed by atoms with Crippen molar-refractivity contribution in [1.29, 1.82) is 0 Å². The highest BCUT2D eigenvalue weighted by molar-refractivity contribution is 6.07. The molecule has 0 saturated heterocycles. The van der Waals surface area contributed by atoms with Crippen molar-refractivity contribution < 1.29 is 4.42 Å². The van der Waals surface area contributed by atoms with Crippen molar-refractivity contribution >= 4 is 21.9 Å². The zero-order valence-corrected chi connectivity index (χ0v) is 9.76. The van der Waals surface area contributed by atoms with Gasteiger partial charge in [0.25, 0.3) is 0 Å². The quantitative estimate of drug-likeness (QED) is 0.619. The first kappa shape index (κ1) is 9.31. The third-order valence-corrected chi connectivity index (χ3v) is 3.63. The normalized spacial score (nSPS) is 15.6. The molecule has 0 atom stereocenters. The van der Waals surface area contributed by atoms with Crippen LogP contribution in [-0.4, -0.2) is 11.5 Å². The smallest absolute Gasteiger partial charge is 0.135 e. The van der Waals surface area contributed by atoms with Gasteiger partial charge in [-0.15, -0.1) is 0 Å². The molecule has 1 aliphatic heterocycles. The Bertz CT molecular complexity index is 721. The second-order valence-electron chi connectivity index (χ2n) is 4.77. The van der Waals surface area contributed by atoms with Gasteiger partial charge < -0.3 is 14.7 Å². The highest BCUT2D eigenvalue weighted by Gasteiger charge is 2.17. The van der Waals surface area contributed by atoms with E-state index < -0.39 is 0 Å². The van der Waals surface area contributed by atoms with Crippen molar-refractivity contribution in [3.63, 3.8) is 0 Å². The molecule has 2 N–H and O–H groups in total. The number of hydrogen-bond donors (Lipinski definition) is 2. The Morgan fingerprint density at radius 1 is 1.29 bits per heavy atom. The number of nitrogens with one attached hydrogen (secondary N) is 2. The van der Waals surface area contributed by atoms with Crippen LogP contribution in [0.1, 0.15) is 17.0 Å². The number of aromatic amines is 1. The summed E-state index contributed by atoms with van der Waals surface area (Å²) in [6.45, 7) is 4.02. The fourth-order valence-corrected chi connectivity index (χ4v) is 2.89. The molecule has 0 unspecified atom stereocenters. The molecule has 0 spiro atoms. The van der Waals surface area contributed by atoms with Crippen molar-refractivity contribution in [2.24, 2.45) is 0 Å². The van der Waals surface area contributed by atoms with Crippen LogP contribution in [0.15, 0.2) is 22.6 Å². The molecule has 0 bridgehead atoms. The van der Waals surface area contributed by atoms with E-state index in [1.165, 1.54) is 27.5 Å². The van der Waals surface area contributed by atoms with Crippen LogP contribution in [-0.2, 0) is 13.0 Å². The summed E-state index contributed by atoms with van der Waals surface area (Å²) < 4.78 is 5.70. The van der Waals surface area contributed by atoms with E-state index in [0.717, 1.165) is 30.9 Å². The van der Waals surface area contributed by atoms with E-state index in [9.17, 15) is 0 Å². The molecule has 0 amide bonds. The Balaban J connectivity index is 2.19. The third-order valence-electron chi connectivity index (χ3n) is 3.63. The second kappa shape index (κ2) is 3.14. The van der Waals surface area contributed by atoms with Crippen molar-refractivity contribution in [3.8, 4) is 0 Å². The molecule has 0 radical (unpaired) electrons. The van der Waals surface area contributed by atoms with Gasteiger partial charge in [-0.2, -0.15) is 0 Å². The van der Waals surface area contributed by atoms with Gasteiger partial charge in [-0.25, -0.2) is 0 Å². The predicted octanol–water partition coefficient (Wildman–Crippen LogP) is 2.87. The average molecular weight is 226 g/mol. The van der Waals surface area contributed by atoms with Gasteiger partial charge in [0.2, 0.25) is 0 Å². The van der Waals surface area contributed by atoms with Crippen LogP contribution >= 0.6 is 0 Å². The van der Waals surface area contributed by atoms with E-state index in [1.54, 1.807) is 0 Å². The largest absolute Gasteiger partial charge is 0.461 e.